The molecule has 4 heteroatoms. The van der Waals surface area contributed by atoms with Gasteiger partial charge in [-0.15, -0.1) is 0 Å². The van der Waals surface area contributed by atoms with E-state index in [0.717, 1.165) is 12.0 Å². The van der Waals surface area contributed by atoms with Crippen LogP contribution in [0.4, 0.5) is 8.78 Å². The molecule has 1 atom stereocenters. The first kappa shape index (κ1) is 11.0. The van der Waals surface area contributed by atoms with Crippen molar-refractivity contribution in [2.45, 2.75) is 29.7 Å². The Bertz CT molecular complexity index is 375. The molecule has 0 heterocycles. The maximum Gasteiger partial charge on any atom is 0.333 e. The third-order valence-corrected chi connectivity index (χ3v) is 3.57. The molecule has 1 aromatic rings. The van der Waals surface area contributed by atoms with E-state index < -0.39 is 10.4 Å². The Morgan fingerprint density at radius 2 is 2.00 bits per heavy atom. The van der Waals surface area contributed by atoms with E-state index in [1.54, 1.807) is 24.3 Å². The molecule has 1 aliphatic carbocycles. The van der Waals surface area contributed by atoms with Crippen LogP contribution in [-0.2, 0) is 12.0 Å². The number of alkyl halides is 3. The average molecular weight is 277 g/mol. The van der Waals surface area contributed by atoms with Gasteiger partial charge in [0.2, 0.25) is 0 Å². The fourth-order valence-electron chi connectivity index (χ4n) is 2.11. The van der Waals surface area contributed by atoms with Crippen molar-refractivity contribution < 1.29 is 13.9 Å². The standard InChI is InChI=1S/C11H11BrF2O/c12-11(13,14)10(15)7-3-5-8-4-1-2-6-9(8)10/h1-2,4,6,15H,3,5,7H2. The highest BCUT2D eigenvalue weighted by Crippen LogP contribution is 2.48. The number of halogens is 3. The molecule has 82 valence electrons. The van der Waals surface area contributed by atoms with Crippen molar-refractivity contribution in [1.82, 2.24) is 0 Å². The van der Waals surface area contributed by atoms with Crippen molar-refractivity contribution in [3.05, 3.63) is 35.4 Å². The molecule has 1 N–H and O–H groups in total. The van der Waals surface area contributed by atoms with E-state index in [1.807, 2.05) is 0 Å². The lowest BCUT2D eigenvalue weighted by molar-refractivity contribution is -0.131. The molecule has 2 rings (SSSR count). The summed E-state index contributed by atoms with van der Waals surface area (Å²) in [5.41, 5.74) is -0.912. The fourth-order valence-corrected chi connectivity index (χ4v) is 2.52. The molecule has 1 aliphatic rings. The molecule has 0 saturated carbocycles. The molecule has 15 heavy (non-hydrogen) atoms. The van der Waals surface area contributed by atoms with Gasteiger partial charge in [0, 0.05) is 0 Å². The molecule has 0 spiro atoms. The largest absolute Gasteiger partial charge is 0.378 e. The molecule has 1 unspecified atom stereocenters. The summed E-state index contributed by atoms with van der Waals surface area (Å²) < 4.78 is 26.7. The first-order valence-corrected chi connectivity index (χ1v) is 5.62. The van der Waals surface area contributed by atoms with Crippen molar-refractivity contribution in [2.24, 2.45) is 0 Å². The molecule has 1 nitrogen and oxygen atoms in total. The second-order valence-electron chi connectivity index (χ2n) is 3.87. The highest BCUT2D eigenvalue weighted by atomic mass is 79.9. The van der Waals surface area contributed by atoms with E-state index in [1.165, 1.54) is 0 Å². The summed E-state index contributed by atoms with van der Waals surface area (Å²) in [5.74, 6) is 0. The quantitative estimate of drug-likeness (QED) is 0.781. The van der Waals surface area contributed by atoms with Crippen LogP contribution in [0.3, 0.4) is 0 Å². The minimum absolute atomic E-state index is 0.0856. The van der Waals surface area contributed by atoms with Gasteiger partial charge in [-0.1, -0.05) is 24.3 Å². The second-order valence-corrected chi connectivity index (χ2v) is 4.86. The zero-order chi connectivity index (χ0) is 11.1. The summed E-state index contributed by atoms with van der Waals surface area (Å²) in [4.78, 5) is -3.28. The first-order chi connectivity index (χ1) is 6.95. The van der Waals surface area contributed by atoms with Gasteiger partial charge < -0.3 is 5.11 Å². The third-order valence-electron chi connectivity index (χ3n) is 2.92. The van der Waals surface area contributed by atoms with Crippen LogP contribution in [0.25, 0.3) is 0 Å². The highest BCUT2D eigenvalue weighted by Gasteiger charge is 2.53. The number of rotatable bonds is 1. The molecular formula is C11H11BrF2O. The van der Waals surface area contributed by atoms with Crippen molar-refractivity contribution in [1.29, 1.82) is 0 Å². The summed E-state index contributed by atoms with van der Waals surface area (Å²) >= 11 is 2.28. The fraction of sp³-hybridized carbons (Fsp3) is 0.455. The summed E-state index contributed by atoms with van der Waals surface area (Å²) in [6.45, 7) is 0. The lowest BCUT2D eigenvalue weighted by atomic mass is 9.79. The van der Waals surface area contributed by atoms with Crippen molar-refractivity contribution in [3.63, 3.8) is 0 Å². The molecule has 0 saturated heterocycles. The van der Waals surface area contributed by atoms with Gasteiger partial charge in [-0.05, 0) is 46.3 Å². The SMILES string of the molecule is OC1(C(F)(F)Br)CCCc2ccccc21. The monoisotopic (exact) mass is 276 g/mol. The average Bonchev–Trinajstić information content (AvgIpc) is 2.17. The number of hydrogen-bond donors (Lipinski definition) is 1. The van der Waals surface area contributed by atoms with Crippen molar-refractivity contribution in [2.75, 3.05) is 0 Å². The van der Waals surface area contributed by atoms with Crippen LogP contribution in [0.5, 0.6) is 0 Å². The molecule has 0 aliphatic heterocycles. The molecule has 0 bridgehead atoms. The highest BCUT2D eigenvalue weighted by molar-refractivity contribution is 9.10. The Kier molecular flexibility index (Phi) is 2.59. The van der Waals surface area contributed by atoms with Crippen LogP contribution in [-0.4, -0.2) is 9.94 Å². The number of benzene rings is 1. The van der Waals surface area contributed by atoms with Crippen LogP contribution in [0.2, 0.25) is 0 Å². The van der Waals surface area contributed by atoms with E-state index in [9.17, 15) is 13.9 Å². The van der Waals surface area contributed by atoms with Gasteiger partial charge in [0.25, 0.3) is 0 Å². The van der Waals surface area contributed by atoms with Gasteiger partial charge in [0.05, 0.1) is 0 Å². The summed E-state index contributed by atoms with van der Waals surface area (Å²) in [6.07, 6.45) is 1.42. The number of aliphatic hydroxyl groups is 1. The molecule has 0 amide bonds. The Hall–Kier alpha value is -0.480. The molecule has 0 aromatic heterocycles. The number of hydrogen-bond acceptors (Lipinski definition) is 1. The Morgan fingerprint density at radius 1 is 1.33 bits per heavy atom. The topological polar surface area (TPSA) is 20.2 Å². The van der Waals surface area contributed by atoms with E-state index in [-0.39, 0.29) is 6.42 Å². The zero-order valence-corrected chi connectivity index (χ0v) is 9.60. The minimum Gasteiger partial charge on any atom is -0.378 e. The number of aryl methyl sites for hydroxylation is 1. The van der Waals surface area contributed by atoms with Crippen LogP contribution in [0, 0.1) is 0 Å². The molecule has 0 fully saturated rings. The molecule has 1 aromatic carbocycles. The summed E-state index contributed by atoms with van der Waals surface area (Å²) in [6, 6.07) is 6.84. The predicted molar refractivity (Wildman–Crippen MR) is 57.2 cm³/mol. The van der Waals surface area contributed by atoms with Crippen LogP contribution in [0.15, 0.2) is 24.3 Å². The Balaban J connectivity index is 2.55. The van der Waals surface area contributed by atoms with Crippen molar-refractivity contribution in [3.8, 4) is 0 Å². The Morgan fingerprint density at radius 3 is 2.67 bits per heavy atom. The van der Waals surface area contributed by atoms with Crippen LogP contribution >= 0.6 is 15.9 Å². The normalized spacial score (nSPS) is 26.1. The van der Waals surface area contributed by atoms with Gasteiger partial charge >= 0.3 is 4.83 Å². The number of fused-ring (bicyclic) bond motifs is 1. The van der Waals surface area contributed by atoms with Gasteiger partial charge in [0.1, 0.15) is 0 Å². The lowest BCUT2D eigenvalue weighted by Gasteiger charge is -2.37. The Labute approximate surface area is 95.2 Å². The minimum atomic E-state index is -3.28. The summed E-state index contributed by atoms with van der Waals surface area (Å²) in [5, 5.41) is 10.1. The van der Waals surface area contributed by atoms with Gasteiger partial charge in [0.15, 0.2) is 5.60 Å². The smallest absolute Gasteiger partial charge is 0.333 e. The van der Waals surface area contributed by atoms with Gasteiger partial charge in [-0.25, -0.2) is 0 Å². The maximum atomic E-state index is 13.3. The predicted octanol–water partition coefficient (Wildman–Crippen LogP) is 3.20. The second kappa shape index (κ2) is 3.52. The molecule has 0 radical (unpaired) electrons. The van der Waals surface area contributed by atoms with E-state index >= 15 is 0 Å². The maximum absolute atomic E-state index is 13.3. The van der Waals surface area contributed by atoms with E-state index in [2.05, 4.69) is 15.9 Å². The third kappa shape index (κ3) is 1.70. The van der Waals surface area contributed by atoms with E-state index in [4.69, 9.17) is 0 Å². The van der Waals surface area contributed by atoms with Gasteiger partial charge in [-0.3, -0.25) is 0 Å². The first-order valence-electron chi connectivity index (χ1n) is 4.83. The summed E-state index contributed by atoms with van der Waals surface area (Å²) in [7, 11) is 0. The van der Waals surface area contributed by atoms with Gasteiger partial charge in [-0.2, -0.15) is 8.78 Å². The zero-order valence-electron chi connectivity index (χ0n) is 8.01. The van der Waals surface area contributed by atoms with Crippen molar-refractivity contribution >= 4 is 15.9 Å². The van der Waals surface area contributed by atoms with Crippen LogP contribution in [0.1, 0.15) is 24.0 Å². The lowest BCUT2D eigenvalue weighted by Crippen LogP contribution is -2.43. The molecular weight excluding hydrogens is 266 g/mol. The van der Waals surface area contributed by atoms with Crippen LogP contribution < -0.4 is 0 Å². The van der Waals surface area contributed by atoms with E-state index in [0.29, 0.717) is 12.0 Å².